The lowest BCUT2D eigenvalue weighted by Crippen LogP contribution is -2.52. The minimum Gasteiger partial charge on any atom is -0.369 e. The number of piperazine rings is 1. The molecule has 1 aromatic rings. The zero-order valence-corrected chi connectivity index (χ0v) is 11.0. The largest absolute Gasteiger partial charge is 0.369 e. The average molecular weight is 248 g/mol. The summed E-state index contributed by atoms with van der Waals surface area (Å²) in [7, 11) is 0. The minimum absolute atomic E-state index is 0.452. The van der Waals surface area contributed by atoms with Crippen LogP contribution in [0.25, 0.3) is 0 Å². The summed E-state index contributed by atoms with van der Waals surface area (Å²) in [5.41, 5.74) is 12.8. The number of para-hydroxylation sites is 1. The van der Waals surface area contributed by atoms with E-state index in [1.807, 2.05) is 0 Å². The van der Waals surface area contributed by atoms with E-state index in [4.69, 9.17) is 11.5 Å². The van der Waals surface area contributed by atoms with E-state index in [2.05, 4.69) is 40.1 Å². The first-order chi connectivity index (χ1) is 8.85. The fraction of sp³-hybridized carbons (Fsp3) is 0.571. The van der Waals surface area contributed by atoms with Crippen LogP contribution in [-0.2, 0) is 0 Å². The predicted molar refractivity (Wildman–Crippen MR) is 76.7 cm³/mol. The molecule has 1 fully saturated rings. The molecular weight excluding hydrogens is 224 g/mol. The van der Waals surface area contributed by atoms with Gasteiger partial charge >= 0.3 is 0 Å². The van der Waals surface area contributed by atoms with Crippen molar-refractivity contribution in [3.8, 4) is 0 Å². The van der Waals surface area contributed by atoms with Gasteiger partial charge in [0.2, 0.25) is 0 Å². The van der Waals surface area contributed by atoms with Crippen molar-refractivity contribution in [3.63, 3.8) is 0 Å². The van der Waals surface area contributed by atoms with Gasteiger partial charge in [-0.1, -0.05) is 18.2 Å². The predicted octanol–water partition coefficient (Wildman–Crippen LogP) is 0.485. The van der Waals surface area contributed by atoms with E-state index in [0.717, 1.165) is 39.1 Å². The van der Waals surface area contributed by atoms with Crippen LogP contribution in [0.2, 0.25) is 0 Å². The Morgan fingerprint density at radius 3 is 2.22 bits per heavy atom. The third-order valence-corrected chi connectivity index (χ3v) is 3.72. The fourth-order valence-electron chi connectivity index (χ4n) is 2.63. The van der Waals surface area contributed by atoms with Gasteiger partial charge in [0.15, 0.2) is 0 Å². The summed E-state index contributed by atoms with van der Waals surface area (Å²) in [5, 5.41) is 0. The van der Waals surface area contributed by atoms with Crippen LogP contribution in [0.4, 0.5) is 5.69 Å². The molecule has 4 N–H and O–H groups in total. The van der Waals surface area contributed by atoms with Crippen molar-refractivity contribution in [1.82, 2.24) is 4.90 Å². The second-order valence-electron chi connectivity index (χ2n) is 4.83. The molecule has 1 heterocycles. The highest BCUT2D eigenvalue weighted by molar-refractivity contribution is 5.46. The SMILES string of the molecule is NCC[C@H](CN)N1CCN(c2ccccc2)CC1. The van der Waals surface area contributed by atoms with E-state index in [-0.39, 0.29) is 0 Å². The fourth-order valence-corrected chi connectivity index (χ4v) is 2.63. The monoisotopic (exact) mass is 248 g/mol. The van der Waals surface area contributed by atoms with Crippen LogP contribution in [0.5, 0.6) is 0 Å². The molecule has 1 aliphatic rings. The standard InChI is InChI=1S/C14H24N4/c15-7-6-14(12-16)18-10-8-17(9-11-18)13-4-2-1-3-5-13/h1-5,14H,6-12,15-16H2/t14-/m1/s1. The molecule has 1 aliphatic heterocycles. The van der Waals surface area contributed by atoms with E-state index in [1.165, 1.54) is 5.69 Å². The first-order valence-corrected chi connectivity index (χ1v) is 6.79. The van der Waals surface area contributed by atoms with Gasteiger partial charge in [0, 0.05) is 44.5 Å². The number of rotatable bonds is 5. The molecule has 0 radical (unpaired) electrons. The molecular formula is C14H24N4. The third kappa shape index (κ3) is 3.22. The molecule has 0 bridgehead atoms. The molecule has 0 amide bonds. The van der Waals surface area contributed by atoms with Crippen molar-refractivity contribution in [2.75, 3.05) is 44.2 Å². The normalized spacial score (nSPS) is 18.9. The number of anilines is 1. The van der Waals surface area contributed by atoms with Crippen LogP contribution < -0.4 is 16.4 Å². The Bertz CT molecular complexity index is 333. The topological polar surface area (TPSA) is 58.5 Å². The Morgan fingerprint density at radius 2 is 1.67 bits per heavy atom. The highest BCUT2D eigenvalue weighted by atomic mass is 15.3. The van der Waals surface area contributed by atoms with E-state index in [0.29, 0.717) is 12.6 Å². The number of nitrogens with zero attached hydrogens (tertiary/aromatic N) is 2. The van der Waals surface area contributed by atoms with Gasteiger partial charge in [-0.05, 0) is 25.1 Å². The van der Waals surface area contributed by atoms with Gasteiger partial charge in [-0.25, -0.2) is 0 Å². The molecule has 1 aromatic carbocycles. The molecule has 4 heteroatoms. The summed E-state index contributed by atoms with van der Waals surface area (Å²) < 4.78 is 0. The maximum Gasteiger partial charge on any atom is 0.0367 e. The third-order valence-electron chi connectivity index (χ3n) is 3.72. The molecule has 1 saturated heterocycles. The van der Waals surface area contributed by atoms with Crippen LogP contribution in [0.3, 0.4) is 0 Å². The van der Waals surface area contributed by atoms with Gasteiger partial charge in [-0.3, -0.25) is 4.90 Å². The lowest BCUT2D eigenvalue weighted by Gasteiger charge is -2.40. The number of hydrogen-bond donors (Lipinski definition) is 2. The second-order valence-corrected chi connectivity index (χ2v) is 4.83. The first-order valence-electron chi connectivity index (χ1n) is 6.79. The summed E-state index contributed by atoms with van der Waals surface area (Å²) in [4.78, 5) is 4.92. The molecule has 0 aliphatic carbocycles. The molecule has 0 unspecified atom stereocenters. The van der Waals surface area contributed by atoms with Crippen molar-refractivity contribution in [2.45, 2.75) is 12.5 Å². The van der Waals surface area contributed by atoms with Crippen molar-refractivity contribution in [2.24, 2.45) is 11.5 Å². The zero-order chi connectivity index (χ0) is 12.8. The van der Waals surface area contributed by atoms with Crippen molar-refractivity contribution >= 4 is 5.69 Å². The molecule has 0 saturated carbocycles. The molecule has 1 atom stereocenters. The Morgan fingerprint density at radius 1 is 1.00 bits per heavy atom. The summed E-state index contributed by atoms with van der Waals surface area (Å²) in [5.74, 6) is 0. The van der Waals surface area contributed by atoms with E-state index in [9.17, 15) is 0 Å². The Labute approximate surface area is 110 Å². The molecule has 2 rings (SSSR count). The van der Waals surface area contributed by atoms with E-state index in [1.54, 1.807) is 0 Å². The molecule has 4 nitrogen and oxygen atoms in total. The minimum atomic E-state index is 0.452. The molecule has 18 heavy (non-hydrogen) atoms. The zero-order valence-electron chi connectivity index (χ0n) is 11.0. The Hall–Kier alpha value is -1.10. The van der Waals surface area contributed by atoms with Crippen LogP contribution in [0.1, 0.15) is 6.42 Å². The summed E-state index contributed by atoms with van der Waals surface area (Å²) in [6.45, 7) is 5.74. The lowest BCUT2D eigenvalue weighted by atomic mass is 10.1. The lowest BCUT2D eigenvalue weighted by molar-refractivity contribution is 0.182. The van der Waals surface area contributed by atoms with Crippen LogP contribution in [0.15, 0.2) is 30.3 Å². The Balaban J connectivity index is 1.88. The summed E-state index contributed by atoms with van der Waals surface area (Å²) in [6, 6.07) is 11.1. The second kappa shape index (κ2) is 6.73. The number of hydrogen-bond acceptors (Lipinski definition) is 4. The van der Waals surface area contributed by atoms with Crippen LogP contribution >= 0.6 is 0 Å². The number of nitrogens with two attached hydrogens (primary N) is 2. The summed E-state index contributed by atoms with van der Waals surface area (Å²) in [6.07, 6.45) is 1.00. The van der Waals surface area contributed by atoms with Gasteiger partial charge < -0.3 is 16.4 Å². The first kappa shape index (κ1) is 13.3. The van der Waals surface area contributed by atoms with Crippen LogP contribution in [-0.4, -0.2) is 50.2 Å². The van der Waals surface area contributed by atoms with Crippen molar-refractivity contribution in [3.05, 3.63) is 30.3 Å². The van der Waals surface area contributed by atoms with Crippen LogP contribution in [0, 0.1) is 0 Å². The highest BCUT2D eigenvalue weighted by Crippen LogP contribution is 2.16. The van der Waals surface area contributed by atoms with Gasteiger partial charge in [0.25, 0.3) is 0 Å². The smallest absolute Gasteiger partial charge is 0.0367 e. The van der Waals surface area contributed by atoms with Crippen molar-refractivity contribution < 1.29 is 0 Å². The molecule has 0 spiro atoms. The number of benzene rings is 1. The average Bonchev–Trinajstić information content (AvgIpc) is 2.46. The summed E-state index contributed by atoms with van der Waals surface area (Å²) >= 11 is 0. The maximum atomic E-state index is 5.82. The van der Waals surface area contributed by atoms with Crippen molar-refractivity contribution in [1.29, 1.82) is 0 Å². The van der Waals surface area contributed by atoms with Gasteiger partial charge in [-0.15, -0.1) is 0 Å². The van der Waals surface area contributed by atoms with Gasteiger partial charge in [0.1, 0.15) is 0 Å². The molecule has 0 aromatic heterocycles. The highest BCUT2D eigenvalue weighted by Gasteiger charge is 2.22. The van der Waals surface area contributed by atoms with Gasteiger partial charge in [0.05, 0.1) is 0 Å². The molecule has 100 valence electrons. The Kier molecular flexibility index (Phi) is 4.99. The van der Waals surface area contributed by atoms with E-state index >= 15 is 0 Å². The maximum absolute atomic E-state index is 5.82. The van der Waals surface area contributed by atoms with E-state index < -0.39 is 0 Å². The quantitative estimate of drug-likeness (QED) is 0.796. The van der Waals surface area contributed by atoms with Gasteiger partial charge in [-0.2, -0.15) is 0 Å².